The highest BCUT2D eigenvalue weighted by Gasteiger charge is 2.59. The number of nitrogens with one attached hydrogen (secondary N) is 1. The summed E-state index contributed by atoms with van der Waals surface area (Å²) in [4.78, 5) is 14.1. The number of hydrogen-bond donors (Lipinski definition) is 1. The second-order valence-electron chi connectivity index (χ2n) is 8.17. The molecule has 138 valence electrons. The minimum absolute atomic E-state index is 0.244. The first-order valence-corrected chi connectivity index (χ1v) is 8.78. The summed E-state index contributed by atoms with van der Waals surface area (Å²) in [7, 11) is 0. The zero-order valence-corrected chi connectivity index (χ0v) is 15.0. The number of hydrogen-bond acceptors (Lipinski definition) is 3. The van der Waals surface area contributed by atoms with Crippen LogP contribution in [0.2, 0.25) is 0 Å². The van der Waals surface area contributed by atoms with E-state index in [0.717, 1.165) is 5.56 Å². The van der Waals surface area contributed by atoms with Gasteiger partial charge in [0, 0.05) is 43.9 Å². The number of rotatable bonds is 3. The van der Waals surface area contributed by atoms with Crippen molar-refractivity contribution < 1.29 is 18.3 Å². The number of likely N-dealkylation sites (tertiary alicyclic amines) is 1. The maximum Gasteiger partial charge on any atom is 0.407 e. The molecule has 0 radical (unpaired) electrons. The molecule has 1 aliphatic carbocycles. The van der Waals surface area contributed by atoms with Crippen LogP contribution < -0.4 is 5.32 Å². The minimum atomic E-state index is -2.75. The number of benzene rings is 1. The second-order valence-corrected chi connectivity index (χ2v) is 8.17. The van der Waals surface area contributed by atoms with Crippen molar-refractivity contribution in [3.63, 3.8) is 0 Å². The van der Waals surface area contributed by atoms with E-state index in [9.17, 15) is 13.6 Å². The quantitative estimate of drug-likeness (QED) is 0.902. The molecule has 25 heavy (non-hydrogen) atoms. The normalized spacial score (nSPS) is 28.6. The van der Waals surface area contributed by atoms with Gasteiger partial charge in [-0.3, -0.25) is 4.90 Å². The summed E-state index contributed by atoms with van der Waals surface area (Å²) < 4.78 is 34.1. The summed E-state index contributed by atoms with van der Waals surface area (Å²) >= 11 is 0. The van der Waals surface area contributed by atoms with Gasteiger partial charge in [0.2, 0.25) is 0 Å². The zero-order valence-electron chi connectivity index (χ0n) is 15.0. The first kappa shape index (κ1) is 18.1. The van der Waals surface area contributed by atoms with Gasteiger partial charge in [-0.05, 0) is 26.3 Å². The van der Waals surface area contributed by atoms with Gasteiger partial charge >= 0.3 is 6.09 Å². The SMILES string of the molecule is CC(C)(C)OC(=O)N[C@@H]1CC(F)(F)[C@H]2CN(Cc3ccccc3)C[C@@H]12. The largest absolute Gasteiger partial charge is 0.444 e. The molecular weight excluding hydrogens is 326 g/mol. The van der Waals surface area contributed by atoms with Crippen LogP contribution in [0.1, 0.15) is 32.8 Å². The number of alkyl carbamates (subject to hydrolysis) is 1. The summed E-state index contributed by atoms with van der Waals surface area (Å²) in [5.41, 5.74) is 0.474. The van der Waals surface area contributed by atoms with Gasteiger partial charge in [-0.15, -0.1) is 0 Å². The Morgan fingerprint density at radius 2 is 1.96 bits per heavy atom. The summed E-state index contributed by atoms with van der Waals surface area (Å²) in [6.45, 7) is 6.86. The lowest BCUT2D eigenvalue weighted by molar-refractivity contribution is -0.0409. The molecule has 1 aromatic carbocycles. The number of amides is 1. The molecule has 2 fully saturated rings. The van der Waals surface area contributed by atoms with E-state index < -0.39 is 29.6 Å². The van der Waals surface area contributed by atoms with Gasteiger partial charge in [-0.1, -0.05) is 30.3 Å². The molecule has 6 heteroatoms. The molecule has 4 nitrogen and oxygen atoms in total. The fourth-order valence-electron chi connectivity index (χ4n) is 3.95. The Kier molecular flexibility index (Phi) is 4.75. The first-order chi connectivity index (χ1) is 11.6. The van der Waals surface area contributed by atoms with Crippen LogP contribution in [0.3, 0.4) is 0 Å². The van der Waals surface area contributed by atoms with Crippen molar-refractivity contribution >= 4 is 6.09 Å². The van der Waals surface area contributed by atoms with Crippen LogP contribution in [0.15, 0.2) is 30.3 Å². The van der Waals surface area contributed by atoms with Gasteiger partial charge in [0.1, 0.15) is 5.60 Å². The summed E-state index contributed by atoms with van der Waals surface area (Å²) in [6, 6.07) is 9.31. The van der Waals surface area contributed by atoms with Gasteiger partial charge in [0.05, 0.1) is 0 Å². The maximum atomic E-state index is 14.4. The van der Waals surface area contributed by atoms with Crippen molar-refractivity contribution in [2.75, 3.05) is 13.1 Å². The number of fused-ring (bicyclic) bond motifs is 1. The summed E-state index contributed by atoms with van der Waals surface area (Å²) in [5.74, 6) is -3.71. The predicted molar refractivity (Wildman–Crippen MR) is 91.4 cm³/mol. The van der Waals surface area contributed by atoms with Gasteiger partial charge in [0.25, 0.3) is 5.92 Å². The third kappa shape index (κ3) is 4.29. The van der Waals surface area contributed by atoms with Crippen molar-refractivity contribution in [1.82, 2.24) is 10.2 Å². The lowest BCUT2D eigenvalue weighted by Gasteiger charge is -2.25. The average molecular weight is 352 g/mol. The topological polar surface area (TPSA) is 41.6 Å². The van der Waals surface area contributed by atoms with Crippen molar-refractivity contribution in [2.45, 2.75) is 51.3 Å². The second kappa shape index (κ2) is 6.56. The molecule has 3 atom stereocenters. The van der Waals surface area contributed by atoms with Gasteiger partial charge in [0.15, 0.2) is 0 Å². The zero-order chi connectivity index (χ0) is 18.2. The van der Waals surface area contributed by atoms with E-state index in [4.69, 9.17) is 4.74 Å². The van der Waals surface area contributed by atoms with Crippen molar-refractivity contribution in [3.8, 4) is 0 Å². The van der Waals surface area contributed by atoms with Crippen LogP contribution in [0.4, 0.5) is 13.6 Å². The first-order valence-electron chi connectivity index (χ1n) is 8.78. The number of carbonyl (C=O) groups excluding carboxylic acids is 1. The Morgan fingerprint density at radius 3 is 2.60 bits per heavy atom. The van der Waals surface area contributed by atoms with Gasteiger partial charge < -0.3 is 10.1 Å². The molecule has 1 heterocycles. The standard InChI is InChI=1S/C19H26F2N2O2/c1-18(2,3)25-17(24)22-16-9-19(20,21)15-12-23(11-14(15)16)10-13-7-5-4-6-8-13/h4-8,14-16H,9-12H2,1-3H3,(H,22,24)/t14-,15+,16-/m1/s1. The van der Waals surface area contributed by atoms with E-state index in [0.29, 0.717) is 19.6 Å². The average Bonchev–Trinajstić information content (AvgIpc) is 2.98. The smallest absolute Gasteiger partial charge is 0.407 e. The van der Waals surface area contributed by atoms with E-state index in [1.54, 1.807) is 20.8 Å². The summed E-state index contributed by atoms with van der Waals surface area (Å²) in [6.07, 6.45) is -0.920. The third-order valence-electron chi connectivity index (χ3n) is 4.94. The number of ether oxygens (including phenoxy) is 1. The molecule has 2 aliphatic rings. The third-order valence-corrected chi connectivity index (χ3v) is 4.94. The Morgan fingerprint density at radius 1 is 1.28 bits per heavy atom. The van der Waals surface area contributed by atoms with E-state index in [-0.39, 0.29) is 12.3 Å². The van der Waals surface area contributed by atoms with E-state index in [2.05, 4.69) is 10.2 Å². The molecule has 0 unspecified atom stereocenters. The molecule has 0 bridgehead atoms. The van der Waals surface area contributed by atoms with Crippen molar-refractivity contribution in [2.24, 2.45) is 11.8 Å². The Balaban J connectivity index is 1.65. The molecular formula is C19H26F2N2O2. The molecule has 3 rings (SSSR count). The Labute approximate surface area is 147 Å². The minimum Gasteiger partial charge on any atom is -0.444 e. The van der Waals surface area contributed by atoms with Gasteiger partial charge in [-0.2, -0.15) is 0 Å². The Hall–Kier alpha value is -1.69. The maximum absolute atomic E-state index is 14.4. The highest BCUT2D eigenvalue weighted by Crippen LogP contribution is 2.48. The number of halogens is 2. The molecule has 1 saturated carbocycles. The number of alkyl halides is 2. The van der Waals surface area contributed by atoms with Crippen LogP contribution in [0, 0.1) is 11.8 Å². The molecule has 0 spiro atoms. The molecule has 1 saturated heterocycles. The molecule has 1 aromatic rings. The van der Waals surface area contributed by atoms with Crippen LogP contribution in [0.25, 0.3) is 0 Å². The van der Waals surface area contributed by atoms with Crippen LogP contribution in [-0.2, 0) is 11.3 Å². The van der Waals surface area contributed by atoms with Crippen molar-refractivity contribution in [1.29, 1.82) is 0 Å². The van der Waals surface area contributed by atoms with E-state index >= 15 is 0 Å². The molecule has 0 aromatic heterocycles. The van der Waals surface area contributed by atoms with Crippen LogP contribution >= 0.6 is 0 Å². The molecule has 1 N–H and O–H groups in total. The fourth-order valence-corrected chi connectivity index (χ4v) is 3.95. The lowest BCUT2D eigenvalue weighted by Crippen LogP contribution is -2.42. The van der Waals surface area contributed by atoms with Crippen LogP contribution in [0.5, 0.6) is 0 Å². The fraction of sp³-hybridized carbons (Fsp3) is 0.632. The Bertz CT molecular complexity index is 616. The monoisotopic (exact) mass is 352 g/mol. The van der Waals surface area contributed by atoms with E-state index in [1.807, 2.05) is 30.3 Å². The molecule has 1 amide bonds. The highest BCUT2D eigenvalue weighted by molar-refractivity contribution is 5.68. The number of carbonyl (C=O) groups is 1. The van der Waals surface area contributed by atoms with Crippen LogP contribution in [-0.4, -0.2) is 41.6 Å². The van der Waals surface area contributed by atoms with E-state index in [1.165, 1.54) is 0 Å². The summed E-state index contributed by atoms with van der Waals surface area (Å²) in [5, 5.41) is 2.68. The van der Waals surface area contributed by atoms with Gasteiger partial charge in [-0.25, -0.2) is 13.6 Å². The van der Waals surface area contributed by atoms with Crippen molar-refractivity contribution in [3.05, 3.63) is 35.9 Å². The molecule has 1 aliphatic heterocycles. The number of nitrogens with zero attached hydrogens (tertiary/aromatic N) is 1. The lowest BCUT2D eigenvalue weighted by atomic mass is 9.96. The highest BCUT2D eigenvalue weighted by atomic mass is 19.3. The predicted octanol–water partition coefficient (Wildman–Crippen LogP) is 3.67.